The van der Waals surface area contributed by atoms with Crippen molar-refractivity contribution in [3.63, 3.8) is 0 Å². The molecule has 0 aliphatic heterocycles. The van der Waals surface area contributed by atoms with Gasteiger partial charge in [0.1, 0.15) is 11.5 Å². The van der Waals surface area contributed by atoms with Crippen molar-refractivity contribution >= 4 is 17.0 Å². The zero-order chi connectivity index (χ0) is 18.4. The first-order valence-corrected chi connectivity index (χ1v) is 9.34. The molecule has 26 heavy (non-hydrogen) atoms. The van der Waals surface area contributed by atoms with E-state index in [0.29, 0.717) is 13.2 Å². The maximum atomic E-state index is 9.50. The first kappa shape index (κ1) is 18.2. The molecule has 1 heterocycles. The molecule has 0 radical (unpaired) electrons. The lowest BCUT2D eigenvalue weighted by Crippen LogP contribution is -2.17. The van der Waals surface area contributed by atoms with Crippen LogP contribution in [0.3, 0.4) is 0 Å². The van der Waals surface area contributed by atoms with E-state index in [1.807, 2.05) is 60.0 Å². The highest BCUT2D eigenvalue weighted by Gasteiger charge is 2.09. The number of aliphatic hydroxyl groups is 1. The predicted molar refractivity (Wildman–Crippen MR) is 104 cm³/mol. The summed E-state index contributed by atoms with van der Waals surface area (Å²) in [4.78, 5) is 5.57. The van der Waals surface area contributed by atoms with E-state index in [1.165, 1.54) is 0 Å². The van der Waals surface area contributed by atoms with Crippen LogP contribution in [0.4, 0.5) is 5.69 Å². The fraction of sp³-hybridized carbons (Fsp3) is 0.250. The van der Waals surface area contributed by atoms with Crippen LogP contribution >= 0.6 is 11.3 Å². The van der Waals surface area contributed by atoms with Gasteiger partial charge in [-0.25, -0.2) is 4.99 Å². The monoisotopic (exact) mass is 370 g/mol. The Labute approximate surface area is 156 Å². The molecule has 0 atom stereocenters. The predicted octanol–water partition coefficient (Wildman–Crippen LogP) is 3.85. The molecule has 6 heteroatoms. The molecule has 136 valence electrons. The fourth-order valence-corrected chi connectivity index (χ4v) is 3.60. The van der Waals surface area contributed by atoms with Gasteiger partial charge in [0.25, 0.3) is 0 Å². The van der Waals surface area contributed by atoms with Crippen LogP contribution in [-0.2, 0) is 6.54 Å². The highest BCUT2D eigenvalue weighted by atomic mass is 32.1. The van der Waals surface area contributed by atoms with Crippen LogP contribution in [0.15, 0.2) is 58.9 Å². The Hall–Kier alpha value is -2.57. The number of ether oxygens (including phenoxy) is 2. The Bertz CT molecular complexity index is 913. The third-order valence-corrected chi connectivity index (χ3v) is 4.72. The molecule has 0 saturated heterocycles. The molecule has 0 spiro atoms. The van der Waals surface area contributed by atoms with Crippen molar-refractivity contribution in [3.05, 3.63) is 58.7 Å². The molecule has 3 rings (SSSR count). The van der Waals surface area contributed by atoms with E-state index in [2.05, 4.69) is 5.38 Å². The van der Waals surface area contributed by atoms with Crippen LogP contribution in [0.1, 0.15) is 6.92 Å². The maximum absolute atomic E-state index is 9.50. The number of aromatic nitrogens is 1. The van der Waals surface area contributed by atoms with Crippen molar-refractivity contribution in [2.45, 2.75) is 13.5 Å². The molecule has 1 aromatic heterocycles. The summed E-state index contributed by atoms with van der Waals surface area (Å²) in [6.45, 7) is 3.12. The second kappa shape index (κ2) is 8.69. The largest absolute Gasteiger partial charge is 0.497 e. The molecule has 0 amide bonds. The van der Waals surface area contributed by atoms with Crippen LogP contribution < -0.4 is 14.3 Å². The summed E-state index contributed by atoms with van der Waals surface area (Å²) in [5.74, 6) is 1.63. The van der Waals surface area contributed by atoms with Gasteiger partial charge in [-0.15, -0.1) is 11.3 Å². The summed E-state index contributed by atoms with van der Waals surface area (Å²) in [5, 5.41) is 11.6. The first-order chi connectivity index (χ1) is 12.7. The van der Waals surface area contributed by atoms with Gasteiger partial charge in [0.15, 0.2) is 4.80 Å². The van der Waals surface area contributed by atoms with Crippen LogP contribution in [0.25, 0.3) is 11.3 Å². The summed E-state index contributed by atoms with van der Waals surface area (Å²) in [7, 11) is 1.65. The Morgan fingerprint density at radius 3 is 2.62 bits per heavy atom. The number of hydrogen-bond donors (Lipinski definition) is 1. The van der Waals surface area contributed by atoms with E-state index in [-0.39, 0.29) is 6.61 Å². The van der Waals surface area contributed by atoms with Crippen LogP contribution in [0.2, 0.25) is 0 Å². The zero-order valence-electron chi connectivity index (χ0n) is 14.9. The summed E-state index contributed by atoms with van der Waals surface area (Å²) >= 11 is 1.55. The van der Waals surface area contributed by atoms with Gasteiger partial charge in [0.05, 0.1) is 31.7 Å². The van der Waals surface area contributed by atoms with E-state index in [0.717, 1.165) is 33.2 Å². The lowest BCUT2D eigenvalue weighted by molar-refractivity contribution is 0.275. The fourth-order valence-electron chi connectivity index (χ4n) is 2.64. The van der Waals surface area contributed by atoms with E-state index >= 15 is 0 Å². The van der Waals surface area contributed by atoms with Crippen molar-refractivity contribution in [2.75, 3.05) is 20.3 Å². The molecule has 3 aromatic rings. The lowest BCUT2D eigenvalue weighted by atomic mass is 10.1. The minimum absolute atomic E-state index is 0.0458. The summed E-state index contributed by atoms with van der Waals surface area (Å²) < 4.78 is 12.8. The number of hydrogen-bond acceptors (Lipinski definition) is 5. The van der Waals surface area contributed by atoms with Gasteiger partial charge >= 0.3 is 0 Å². The van der Waals surface area contributed by atoms with Crippen LogP contribution in [0.5, 0.6) is 11.5 Å². The van der Waals surface area contributed by atoms with E-state index in [1.54, 1.807) is 18.4 Å². The number of nitrogens with zero attached hydrogens (tertiary/aromatic N) is 2. The molecular formula is C20H22N2O3S. The van der Waals surface area contributed by atoms with Crippen molar-refractivity contribution in [1.82, 2.24) is 4.57 Å². The van der Waals surface area contributed by atoms with Crippen molar-refractivity contribution < 1.29 is 14.6 Å². The van der Waals surface area contributed by atoms with Gasteiger partial charge in [-0.05, 0) is 43.3 Å². The van der Waals surface area contributed by atoms with E-state index < -0.39 is 0 Å². The van der Waals surface area contributed by atoms with E-state index in [9.17, 15) is 5.11 Å². The van der Waals surface area contributed by atoms with Gasteiger partial charge in [0.2, 0.25) is 0 Å². The molecule has 0 aliphatic rings. The summed E-state index contributed by atoms with van der Waals surface area (Å²) in [6, 6.07) is 15.6. The van der Waals surface area contributed by atoms with Crippen molar-refractivity contribution in [1.29, 1.82) is 0 Å². The van der Waals surface area contributed by atoms with Gasteiger partial charge in [-0.2, -0.15) is 0 Å². The summed E-state index contributed by atoms with van der Waals surface area (Å²) in [6.07, 6.45) is 0. The number of aliphatic hydroxyl groups excluding tert-OH is 1. The molecule has 0 bridgehead atoms. The Morgan fingerprint density at radius 2 is 1.92 bits per heavy atom. The quantitative estimate of drug-likeness (QED) is 0.687. The van der Waals surface area contributed by atoms with E-state index in [4.69, 9.17) is 14.5 Å². The zero-order valence-corrected chi connectivity index (χ0v) is 15.7. The normalized spacial score (nSPS) is 11.6. The highest BCUT2D eigenvalue weighted by molar-refractivity contribution is 7.07. The molecule has 0 aliphatic carbocycles. The molecule has 5 nitrogen and oxygen atoms in total. The van der Waals surface area contributed by atoms with Crippen LogP contribution in [-0.4, -0.2) is 30.0 Å². The number of rotatable bonds is 7. The number of benzene rings is 2. The average molecular weight is 370 g/mol. The topological polar surface area (TPSA) is 56.0 Å². The SMILES string of the molecule is CCOc1ccc(N=c2scc(-c3cccc(OC)c3)n2CCO)cc1. The molecule has 0 unspecified atom stereocenters. The Kier molecular flexibility index (Phi) is 6.09. The minimum Gasteiger partial charge on any atom is -0.497 e. The third kappa shape index (κ3) is 4.15. The molecule has 0 saturated carbocycles. The second-order valence-corrected chi connectivity index (χ2v) is 6.39. The molecular weight excluding hydrogens is 348 g/mol. The molecule has 1 N–H and O–H groups in total. The van der Waals surface area contributed by atoms with Gasteiger partial charge in [-0.3, -0.25) is 0 Å². The Balaban J connectivity index is 2.01. The van der Waals surface area contributed by atoms with Gasteiger partial charge < -0.3 is 19.1 Å². The standard InChI is InChI=1S/C20H22N2O3S/c1-3-25-17-9-7-16(8-10-17)21-20-22(11-12-23)19(14-26-20)15-5-4-6-18(13-15)24-2/h4-10,13-14,23H,3,11-12H2,1-2H3. The maximum Gasteiger partial charge on any atom is 0.190 e. The Morgan fingerprint density at radius 1 is 1.12 bits per heavy atom. The first-order valence-electron chi connectivity index (χ1n) is 8.46. The second-order valence-electron chi connectivity index (χ2n) is 5.55. The highest BCUT2D eigenvalue weighted by Crippen LogP contribution is 2.25. The molecule has 2 aromatic carbocycles. The average Bonchev–Trinajstić information content (AvgIpc) is 3.06. The van der Waals surface area contributed by atoms with Gasteiger partial charge in [-0.1, -0.05) is 12.1 Å². The summed E-state index contributed by atoms with van der Waals surface area (Å²) in [5.41, 5.74) is 2.88. The number of methoxy groups -OCH3 is 1. The van der Waals surface area contributed by atoms with Gasteiger partial charge in [0, 0.05) is 17.5 Å². The van der Waals surface area contributed by atoms with Crippen LogP contribution in [0, 0.1) is 0 Å². The number of thiazole rings is 1. The van der Waals surface area contributed by atoms with Crippen molar-refractivity contribution in [3.8, 4) is 22.8 Å². The molecule has 0 fully saturated rings. The smallest absolute Gasteiger partial charge is 0.190 e. The minimum atomic E-state index is 0.0458. The van der Waals surface area contributed by atoms with Crippen molar-refractivity contribution in [2.24, 2.45) is 4.99 Å². The third-order valence-electron chi connectivity index (χ3n) is 3.86. The lowest BCUT2D eigenvalue weighted by Gasteiger charge is -2.09.